The lowest BCUT2D eigenvalue weighted by molar-refractivity contribution is 0.211. The molecule has 5 heteroatoms. The van der Waals surface area contributed by atoms with Crippen LogP contribution in [0.1, 0.15) is 18.4 Å². The van der Waals surface area contributed by atoms with E-state index in [4.69, 9.17) is 0 Å². The minimum atomic E-state index is 0.420. The predicted molar refractivity (Wildman–Crippen MR) is 110 cm³/mol. The maximum atomic E-state index is 4.60. The first kappa shape index (κ1) is 17.5. The molecule has 138 valence electrons. The molecule has 4 rings (SSSR count). The van der Waals surface area contributed by atoms with E-state index in [0.717, 1.165) is 44.0 Å². The van der Waals surface area contributed by atoms with Crippen LogP contribution in [0.15, 0.2) is 72.9 Å². The van der Waals surface area contributed by atoms with E-state index in [0.29, 0.717) is 12.0 Å². The number of aromatic nitrogens is 2. The molecule has 2 heterocycles. The minimum Gasteiger partial charge on any atom is -0.351 e. The Bertz CT molecular complexity index is 830. The van der Waals surface area contributed by atoms with Gasteiger partial charge in [0.15, 0.2) is 0 Å². The highest BCUT2D eigenvalue weighted by atomic mass is 15.2. The molecule has 1 aliphatic rings. The topological polar surface area (TPSA) is 53.1 Å². The molecule has 0 radical (unpaired) electrons. The van der Waals surface area contributed by atoms with Crippen LogP contribution in [0, 0.1) is 0 Å². The Kier molecular flexibility index (Phi) is 5.60. The van der Waals surface area contributed by atoms with Crippen LogP contribution in [0.4, 0.5) is 17.5 Å². The van der Waals surface area contributed by atoms with Gasteiger partial charge in [0.1, 0.15) is 5.82 Å². The van der Waals surface area contributed by atoms with Gasteiger partial charge >= 0.3 is 0 Å². The first-order valence-electron chi connectivity index (χ1n) is 9.53. The number of benzene rings is 2. The average Bonchev–Trinajstić information content (AvgIpc) is 2.71. The maximum absolute atomic E-state index is 4.60. The van der Waals surface area contributed by atoms with Crippen LogP contribution in [0.25, 0.3) is 0 Å². The third-order valence-electron chi connectivity index (χ3n) is 4.87. The molecule has 0 amide bonds. The number of likely N-dealkylation sites (tertiary alicyclic amines) is 1. The van der Waals surface area contributed by atoms with Crippen molar-refractivity contribution in [2.24, 2.45) is 0 Å². The second-order valence-corrected chi connectivity index (χ2v) is 6.94. The summed E-state index contributed by atoms with van der Waals surface area (Å²) in [4.78, 5) is 11.5. The van der Waals surface area contributed by atoms with Gasteiger partial charge in [-0.15, -0.1) is 0 Å². The lowest BCUT2D eigenvalue weighted by Crippen LogP contribution is -2.38. The van der Waals surface area contributed by atoms with Gasteiger partial charge in [-0.2, -0.15) is 4.98 Å². The summed E-state index contributed by atoms with van der Waals surface area (Å²) >= 11 is 0. The van der Waals surface area contributed by atoms with Crippen molar-refractivity contribution in [3.05, 3.63) is 78.5 Å². The number of nitrogens with zero attached hydrogens (tertiary/aromatic N) is 3. The second kappa shape index (κ2) is 8.64. The van der Waals surface area contributed by atoms with E-state index in [-0.39, 0.29) is 0 Å². The molecule has 5 nitrogen and oxygen atoms in total. The fourth-order valence-corrected chi connectivity index (χ4v) is 3.43. The van der Waals surface area contributed by atoms with E-state index < -0.39 is 0 Å². The zero-order valence-corrected chi connectivity index (χ0v) is 15.4. The summed E-state index contributed by atoms with van der Waals surface area (Å²) in [6.45, 7) is 3.21. The molecular formula is C22H25N5. The van der Waals surface area contributed by atoms with Crippen LogP contribution in [0.2, 0.25) is 0 Å². The number of anilines is 3. The highest BCUT2D eigenvalue weighted by Gasteiger charge is 2.19. The summed E-state index contributed by atoms with van der Waals surface area (Å²) in [7, 11) is 0. The molecule has 2 N–H and O–H groups in total. The van der Waals surface area contributed by atoms with Crippen molar-refractivity contribution in [3.63, 3.8) is 0 Å². The third kappa shape index (κ3) is 5.05. The van der Waals surface area contributed by atoms with Gasteiger partial charge in [0, 0.05) is 37.6 Å². The van der Waals surface area contributed by atoms with Crippen molar-refractivity contribution in [2.45, 2.75) is 25.4 Å². The molecule has 3 aromatic rings. The van der Waals surface area contributed by atoms with Crippen molar-refractivity contribution in [2.75, 3.05) is 23.7 Å². The van der Waals surface area contributed by atoms with E-state index in [1.807, 2.05) is 36.4 Å². The largest absolute Gasteiger partial charge is 0.351 e. The van der Waals surface area contributed by atoms with Crippen molar-refractivity contribution in [3.8, 4) is 0 Å². The monoisotopic (exact) mass is 359 g/mol. The molecule has 0 bridgehead atoms. The lowest BCUT2D eigenvalue weighted by Gasteiger charge is -2.32. The summed E-state index contributed by atoms with van der Waals surface area (Å²) in [5, 5.41) is 6.82. The summed E-state index contributed by atoms with van der Waals surface area (Å²) in [5.74, 6) is 1.50. The molecule has 1 fully saturated rings. The van der Waals surface area contributed by atoms with Gasteiger partial charge in [0.25, 0.3) is 0 Å². The second-order valence-electron chi connectivity index (χ2n) is 6.94. The zero-order chi connectivity index (χ0) is 18.3. The highest BCUT2D eigenvalue weighted by Crippen LogP contribution is 2.18. The average molecular weight is 359 g/mol. The number of piperidine rings is 1. The molecule has 1 saturated heterocycles. The van der Waals surface area contributed by atoms with E-state index >= 15 is 0 Å². The van der Waals surface area contributed by atoms with E-state index in [1.54, 1.807) is 6.20 Å². The normalized spacial score (nSPS) is 15.4. The molecule has 1 aliphatic heterocycles. The van der Waals surface area contributed by atoms with Crippen molar-refractivity contribution >= 4 is 17.5 Å². The van der Waals surface area contributed by atoms with Crippen LogP contribution in [0.3, 0.4) is 0 Å². The standard InChI is InChI=1S/C22H25N5/c1-3-7-18(8-4-1)17-27-15-12-20(13-16-27)25-22-23-14-11-21(26-22)24-19-9-5-2-6-10-19/h1-11,14,20H,12-13,15-17H2,(H2,23,24,25,26). The van der Waals surface area contributed by atoms with Crippen LogP contribution >= 0.6 is 0 Å². The first-order chi connectivity index (χ1) is 13.3. The minimum absolute atomic E-state index is 0.420. The Balaban J connectivity index is 1.29. The van der Waals surface area contributed by atoms with Gasteiger partial charge in [-0.3, -0.25) is 4.90 Å². The van der Waals surface area contributed by atoms with Gasteiger partial charge in [0.2, 0.25) is 5.95 Å². The summed E-state index contributed by atoms with van der Waals surface area (Å²) in [5.41, 5.74) is 2.41. The number of nitrogens with one attached hydrogen (secondary N) is 2. The Morgan fingerprint density at radius 1 is 0.889 bits per heavy atom. The molecule has 1 aromatic heterocycles. The van der Waals surface area contributed by atoms with Crippen LogP contribution in [-0.4, -0.2) is 34.0 Å². The molecule has 0 unspecified atom stereocenters. The summed E-state index contributed by atoms with van der Waals surface area (Å²) in [6, 6.07) is 23.1. The maximum Gasteiger partial charge on any atom is 0.224 e. The molecule has 0 atom stereocenters. The fourth-order valence-electron chi connectivity index (χ4n) is 3.43. The molecule has 0 spiro atoms. The van der Waals surface area contributed by atoms with Gasteiger partial charge in [0.05, 0.1) is 0 Å². The van der Waals surface area contributed by atoms with Gasteiger partial charge in [-0.05, 0) is 36.6 Å². The van der Waals surface area contributed by atoms with E-state index in [1.165, 1.54) is 5.56 Å². The molecule has 0 aliphatic carbocycles. The number of rotatable bonds is 6. The Hall–Kier alpha value is -2.92. The van der Waals surface area contributed by atoms with Crippen molar-refractivity contribution in [1.82, 2.24) is 14.9 Å². The van der Waals surface area contributed by atoms with Crippen LogP contribution < -0.4 is 10.6 Å². The fraction of sp³-hybridized carbons (Fsp3) is 0.273. The number of para-hydroxylation sites is 1. The molecule has 2 aromatic carbocycles. The zero-order valence-electron chi connectivity index (χ0n) is 15.4. The van der Waals surface area contributed by atoms with Crippen LogP contribution in [-0.2, 0) is 6.54 Å². The highest BCUT2D eigenvalue weighted by molar-refractivity contribution is 5.56. The van der Waals surface area contributed by atoms with Crippen LogP contribution in [0.5, 0.6) is 0 Å². The number of hydrogen-bond acceptors (Lipinski definition) is 5. The predicted octanol–water partition coefficient (Wildman–Crippen LogP) is 4.30. The molecular weight excluding hydrogens is 334 g/mol. The Morgan fingerprint density at radius 3 is 2.33 bits per heavy atom. The summed E-state index contributed by atoms with van der Waals surface area (Å²) in [6.07, 6.45) is 4.00. The van der Waals surface area contributed by atoms with Gasteiger partial charge in [-0.1, -0.05) is 48.5 Å². The Morgan fingerprint density at radius 2 is 1.59 bits per heavy atom. The molecule has 27 heavy (non-hydrogen) atoms. The lowest BCUT2D eigenvalue weighted by atomic mass is 10.0. The van der Waals surface area contributed by atoms with Crippen molar-refractivity contribution in [1.29, 1.82) is 0 Å². The quantitative estimate of drug-likeness (QED) is 0.687. The third-order valence-corrected chi connectivity index (χ3v) is 4.87. The van der Waals surface area contributed by atoms with Crippen molar-refractivity contribution < 1.29 is 0 Å². The number of hydrogen-bond donors (Lipinski definition) is 2. The molecule has 0 saturated carbocycles. The smallest absolute Gasteiger partial charge is 0.224 e. The SMILES string of the molecule is c1ccc(CN2CCC(Nc3nccc(Nc4ccccc4)n3)CC2)cc1. The Labute approximate surface area is 160 Å². The van der Waals surface area contributed by atoms with Gasteiger partial charge in [-0.25, -0.2) is 4.98 Å². The van der Waals surface area contributed by atoms with E-state index in [2.05, 4.69) is 55.8 Å². The summed E-state index contributed by atoms with van der Waals surface area (Å²) < 4.78 is 0. The van der Waals surface area contributed by atoms with E-state index in [9.17, 15) is 0 Å². The first-order valence-corrected chi connectivity index (χ1v) is 9.53. The van der Waals surface area contributed by atoms with Gasteiger partial charge < -0.3 is 10.6 Å².